The molecule has 1 aliphatic rings. The maximum Gasteiger partial charge on any atom is 0.244 e. The lowest BCUT2D eigenvalue weighted by Gasteiger charge is -2.15. The fraction of sp³-hybridized carbons (Fsp3) is 0.583. The molecule has 5 nitrogen and oxygen atoms in total. The third-order valence-corrected chi connectivity index (χ3v) is 4.76. The highest BCUT2D eigenvalue weighted by atomic mass is 32.2. The zero-order chi connectivity index (χ0) is 13.2. The molecule has 0 atom stereocenters. The Bertz CT molecular complexity index is 491. The average molecular weight is 269 g/mol. The van der Waals surface area contributed by atoms with Crippen LogP contribution in [0.1, 0.15) is 26.7 Å². The summed E-state index contributed by atoms with van der Waals surface area (Å²) in [6.45, 7) is 5.26. The Balaban J connectivity index is 2.18. The van der Waals surface area contributed by atoms with Gasteiger partial charge in [0.1, 0.15) is 10.7 Å². The lowest BCUT2D eigenvalue weighted by atomic mass is 10.4. The van der Waals surface area contributed by atoms with Crippen LogP contribution < -0.4 is 5.32 Å². The van der Waals surface area contributed by atoms with E-state index in [0.29, 0.717) is 18.9 Å². The van der Waals surface area contributed by atoms with Gasteiger partial charge in [0, 0.05) is 25.3 Å². The van der Waals surface area contributed by atoms with E-state index in [0.717, 1.165) is 12.8 Å². The fourth-order valence-electron chi connectivity index (χ4n) is 1.99. The van der Waals surface area contributed by atoms with Crippen molar-refractivity contribution in [2.45, 2.75) is 37.6 Å². The summed E-state index contributed by atoms with van der Waals surface area (Å²) in [6.07, 6.45) is 3.32. The van der Waals surface area contributed by atoms with Crippen molar-refractivity contribution in [3.63, 3.8) is 0 Å². The van der Waals surface area contributed by atoms with E-state index in [1.165, 1.54) is 10.5 Å². The number of rotatable bonds is 4. The number of hydrogen-bond acceptors (Lipinski definition) is 4. The number of sulfonamides is 1. The van der Waals surface area contributed by atoms with Gasteiger partial charge in [0.25, 0.3) is 0 Å². The first-order valence-corrected chi connectivity index (χ1v) is 7.67. The minimum absolute atomic E-state index is 0.276. The monoisotopic (exact) mass is 269 g/mol. The van der Waals surface area contributed by atoms with Crippen LogP contribution in [0, 0.1) is 0 Å². The van der Waals surface area contributed by atoms with Crippen molar-refractivity contribution in [2.24, 2.45) is 0 Å². The highest BCUT2D eigenvalue weighted by Crippen LogP contribution is 2.20. The molecule has 18 heavy (non-hydrogen) atoms. The molecule has 1 saturated heterocycles. The summed E-state index contributed by atoms with van der Waals surface area (Å²) < 4.78 is 26.0. The van der Waals surface area contributed by atoms with Crippen LogP contribution in [0.4, 0.5) is 5.82 Å². The molecule has 0 amide bonds. The second-order valence-corrected chi connectivity index (χ2v) is 6.73. The topological polar surface area (TPSA) is 62.3 Å². The third kappa shape index (κ3) is 2.81. The second-order valence-electron chi connectivity index (χ2n) is 4.79. The predicted octanol–water partition coefficient (Wildman–Crippen LogP) is 1.69. The zero-order valence-corrected chi connectivity index (χ0v) is 11.6. The van der Waals surface area contributed by atoms with E-state index in [9.17, 15) is 8.42 Å². The second kappa shape index (κ2) is 5.24. The van der Waals surface area contributed by atoms with Crippen LogP contribution in [0.3, 0.4) is 0 Å². The molecule has 1 fully saturated rings. The zero-order valence-electron chi connectivity index (χ0n) is 10.8. The van der Waals surface area contributed by atoms with E-state index < -0.39 is 10.0 Å². The number of aromatic nitrogens is 1. The molecule has 0 spiro atoms. The summed E-state index contributed by atoms with van der Waals surface area (Å²) in [4.78, 5) is 4.42. The molecule has 6 heteroatoms. The van der Waals surface area contributed by atoms with Gasteiger partial charge in [-0.25, -0.2) is 13.4 Å². The normalized spacial score (nSPS) is 17.3. The smallest absolute Gasteiger partial charge is 0.244 e. The highest BCUT2D eigenvalue weighted by Gasteiger charge is 2.27. The molecule has 1 aliphatic heterocycles. The summed E-state index contributed by atoms with van der Waals surface area (Å²) in [5, 5.41) is 3.13. The SMILES string of the molecule is CC(C)Nc1ccc(S(=O)(=O)N2CCCC2)cn1. The van der Waals surface area contributed by atoms with E-state index >= 15 is 0 Å². The minimum atomic E-state index is -3.34. The van der Waals surface area contributed by atoms with Gasteiger partial charge in [-0.3, -0.25) is 0 Å². The third-order valence-electron chi connectivity index (χ3n) is 2.88. The van der Waals surface area contributed by atoms with Crippen molar-refractivity contribution in [1.82, 2.24) is 9.29 Å². The summed E-state index contributed by atoms with van der Waals surface area (Å²) in [6, 6.07) is 3.60. The first-order chi connectivity index (χ1) is 8.50. The van der Waals surface area contributed by atoms with Crippen molar-refractivity contribution < 1.29 is 8.42 Å². The van der Waals surface area contributed by atoms with Crippen LogP contribution in [0.2, 0.25) is 0 Å². The van der Waals surface area contributed by atoms with Gasteiger partial charge in [-0.2, -0.15) is 4.31 Å². The van der Waals surface area contributed by atoms with Gasteiger partial charge >= 0.3 is 0 Å². The van der Waals surface area contributed by atoms with Crippen LogP contribution in [0.25, 0.3) is 0 Å². The fourth-order valence-corrected chi connectivity index (χ4v) is 3.45. The highest BCUT2D eigenvalue weighted by molar-refractivity contribution is 7.89. The van der Waals surface area contributed by atoms with Crippen molar-refractivity contribution in [3.05, 3.63) is 18.3 Å². The van der Waals surface area contributed by atoms with Gasteiger partial charge in [0.15, 0.2) is 0 Å². The molecule has 2 heterocycles. The Morgan fingerprint density at radius 2 is 1.94 bits per heavy atom. The number of hydrogen-bond donors (Lipinski definition) is 1. The number of anilines is 1. The maximum atomic E-state index is 12.2. The average Bonchev–Trinajstić information content (AvgIpc) is 2.83. The lowest BCUT2D eigenvalue weighted by Crippen LogP contribution is -2.28. The molecule has 0 unspecified atom stereocenters. The predicted molar refractivity (Wildman–Crippen MR) is 71.0 cm³/mol. The van der Waals surface area contributed by atoms with E-state index in [1.54, 1.807) is 12.1 Å². The minimum Gasteiger partial charge on any atom is -0.368 e. The Labute approximate surface area is 108 Å². The van der Waals surface area contributed by atoms with Gasteiger partial charge < -0.3 is 5.32 Å². The summed E-state index contributed by atoms with van der Waals surface area (Å²) >= 11 is 0. The Morgan fingerprint density at radius 1 is 1.28 bits per heavy atom. The van der Waals surface area contributed by atoms with Crippen LogP contribution in [-0.4, -0.2) is 36.8 Å². The first-order valence-electron chi connectivity index (χ1n) is 6.23. The maximum absolute atomic E-state index is 12.2. The quantitative estimate of drug-likeness (QED) is 0.903. The molecule has 0 aromatic carbocycles. The largest absolute Gasteiger partial charge is 0.368 e. The summed E-state index contributed by atoms with van der Waals surface area (Å²) in [5.41, 5.74) is 0. The van der Waals surface area contributed by atoms with Crippen LogP contribution in [0.5, 0.6) is 0 Å². The van der Waals surface area contributed by atoms with Crippen molar-refractivity contribution >= 4 is 15.8 Å². The molecule has 1 N–H and O–H groups in total. The van der Waals surface area contributed by atoms with Gasteiger partial charge in [0.2, 0.25) is 10.0 Å². The molecular weight excluding hydrogens is 250 g/mol. The van der Waals surface area contributed by atoms with Gasteiger partial charge in [-0.05, 0) is 38.8 Å². The van der Waals surface area contributed by atoms with E-state index in [-0.39, 0.29) is 10.9 Å². The van der Waals surface area contributed by atoms with Gasteiger partial charge in [-0.1, -0.05) is 0 Å². The summed E-state index contributed by atoms with van der Waals surface area (Å²) in [7, 11) is -3.34. The molecule has 2 rings (SSSR count). The van der Waals surface area contributed by atoms with Crippen molar-refractivity contribution in [3.8, 4) is 0 Å². The molecule has 0 saturated carbocycles. The Kier molecular flexibility index (Phi) is 3.87. The van der Waals surface area contributed by atoms with Crippen molar-refractivity contribution in [2.75, 3.05) is 18.4 Å². The number of pyridine rings is 1. The Morgan fingerprint density at radius 3 is 2.44 bits per heavy atom. The van der Waals surface area contributed by atoms with Crippen LogP contribution in [0.15, 0.2) is 23.2 Å². The molecule has 0 bridgehead atoms. The molecule has 0 radical (unpaired) electrons. The number of nitrogens with zero attached hydrogens (tertiary/aromatic N) is 2. The standard InChI is InChI=1S/C12H19N3O2S/c1-10(2)14-12-6-5-11(9-13-12)18(16,17)15-7-3-4-8-15/h5-6,9-10H,3-4,7-8H2,1-2H3,(H,13,14). The van der Waals surface area contributed by atoms with Gasteiger partial charge in [-0.15, -0.1) is 0 Å². The molecular formula is C12H19N3O2S. The van der Waals surface area contributed by atoms with E-state index in [4.69, 9.17) is 0 Å². The first kappa shape index (κ1) is 13.3. The van der Waals surface area contributed by atoms with Gasteiger partial charge in [0.05, 0.1) is 0 Å². The van der Waals surface area contributed by atoms with E-state index in [1.807, 2.05) is 13.8 Å². The molecule has 1 aromatic rings. The summed E-state index contributed by atoms with van der Waals surface area (Å²) in [5.74, 6) is 0.699. The molecule has 100 valence electrons. The van der Waals surface area contributed by atoms with E-state index in [2.05, 4.69) is 10.3 Å². The molecule has 1 aromatic heterocycles. The van der Waals surface area contributed by atoms with Crippen LogP contribution in [-0.2, 0) is 10.0 Å². The Hall–Kier alpha value is -1.14. The number of nitrogens with one attached hydrogen (secondary N) is 1. The molecule has 0 aliphatic carbocycles. The van der Waals surface area contributed by atoms with Crippen molar-refractivity contribution in [1.29, 1.82) is 0 Å². The van der Waals surface area contributed by atoms with Crippen LogP contribution >= 0.6 is 0 Å². The lowest BCUT2D eigenvalue weighted by molar-refractivity contribution is 0.477.